The van der Waals surface area contributed by atoms with Crippen molar-refractivity contribution in [3.8, 4) is 16.9 Å². The third kappa shape index (κ3) is 4.83. The summed E-state index contributed by atoms with van der Waals surface area (Å²) in [7, 11) is 1.65. The van der Waals surface area contributed by atoms with Gasteiger partial charge in [-0.1, -0.05) is 55.1 Å². The number of aromatic nitrogens is 2. The molecule has 0 aliphatic heterocycles. The van der Waals surface area contributed by atoms with Crippen LogP contribution in [0.3, 0.4) is 0 Å². The summed E-state index contributed by atoms with van der Waals surface area (Å²) < 4.78 is 6.71. The summed E-state index contributed by atoms with van der Waals surface area (Å²) in [6, 6.07) is 14.0. The molecule has 0 spiro atoms. The topological polar surface area (TPSA) is 81.3 Å². The lowest BCUT2D eigenvalue weighted by molar-refractivity contribution is 0.0618. The molecule has 8 heteroatoms. The molecule has 0 radical (unpaired) electrons. The van der Waals surface area contributed by atoms with Crippen LogP contribution in [0.25, 0.3) is 21.2 Å². The van der Waals surface area contributed by atoms with Gasteiger partial charge in [0.25, 0.3) is 5.91 Å². The van der Waals surface area contributed by atoms with Gasteiger partial charge in [-0.2, -0.15) is 0 Å². The predicted molar refractivity (Wildman–Crippen MR) is 142 cm³/mol. The van der Waals surface area contributed by atoms with E-state index in [1.165, 1.54) is 17.8 Å². The maximum absolute atomic E-state index is 14.0. The van der Waals surface area contributed by atoms with Crippen LogP contribution in [0.4, 0.5) is 5.95 Å². The molecule has 2 aromatic carbocycles. The number of thiophene rings is 1. The van der Waals surface area contributed by atoms with Crippen molar-refractivity contribution in [2.45, 2.75) is 44.7 Å². The van der Waals surface area contributed by atoms with Crippen molar-refractivity contribution in [2.24, 2.45) is 0 Å². The second-order valence-electron chi connectivity index (χ2n) is 8.82. The van der Waals surface area contributed by atoms with E-state index in [2.05, 4.69) is 9.97 Å². The molecule has 180 valence electrons. The Morgan fingerprint density at radius 3 is 2.57 bits per heavy atom. The van der Waals surface area contributed by atoms with Crippen molar-refractivity contribution < 1.29 is 9.53 Å². The van der Waals surface area contributed by atoms with E-state index in [0.717, 1.165) is 58.2 Å². The number of nitrogens with two attached hydrogens (primary N) is 1. The molecule has 4 aromatic rings. The zero-order valence-electron chi connectivity index (χ0n) is 19.5. The third-order valence-electron chi connectivity index (χ3n) is 6.63. The molecular weight excluding hydrogens is 480 g/mol. The van der Waals surface area contributed by atoms with E-state index in [0.29, 0.717) is 16.4 Å². The first-order valence-electron chi connectivity index (χ1n) is 11.8. The highest BCUT2D eigenvalue weighted by Gasteiger charge is 2.30. The smallest absolute Gasteiger partial charge is 0.266 e. The molecule has 1 aliphatic carbocycles. The first-order valence-corrected chi connectivity index (χ1v) is 13.0. The van der Waals surface area contributed by atoms with Gasteiger partial charge in [-0.15, -0.1) is 11.3 Å². The number of anilines is 1. The zero-order valence-corrected chi connectivity index (χ0v) is 21.1. The summed E-state index contributed by atoms with van der Waals surface area (Å²) >= 11 is 8.19. The second-order valence-corrected chi connectivity index (χ2v) is 10.3. The Bertz CT molecular complexity index is 1350. The fourth-order valence-corrected chi connectivity index (χ4v) is 6.26. The van der Waals surface area contributed by atoms with Crippen molar-refractivity contribution in [1.29, 1.82) is 0 Å². The highest BCUT2D eigenvalue weighted by molar-refractivity contribution is 7.21. The van der Waals surface area contributed by atoms with Crippen LogP contribution < -0.4 is 10.5 Å². The van der Waals surface area contributed by atoms with Crippen molar-refractivity contribution in [2.75, 3.05) is 12.8 Å². The van der Waals surface area contributed by atoms with E-state index >= 15 is 0 Å². The lowest BCUT2D eigenvalue weighted by Gasteiger charge is -2.34. The number of hydrogen-bond donors (Lipinski definition) is 1. The molecule has 1 saturated carbocycles. The summed E-state index contributed by atoms with van der Waals surface area (Å²) in [5.41, 5.74) is 8.38. The Kier molecular flexibility index (Phi) is 6.88. The molecule has 0 unspecified atom stereocenters. The minimum atomic E-state index is -0.0219. The molecule has 1 aliphatic rings. The van der Waals surface area contributed by atoms with Crippen molar-refractivity contribution in [1.82, 2.24) is 14.9 Å². The highest BCUT2D eigenvalue weighted by Crippen LogP contribution is 2.38. The average Bonchev–Trinajstić information content (AvgIpc) is 3.24. The largest absolute Gasteiger partial charge is 0.496 e. The Morgan fingerprint density at radius 1 is 1.11 bits per heavy atom. The number of nitrogens with zero attached hydrogens (tertiary/aromatic N) is 3. The van der Waals surface area contributed by atoms with Crippen molar-refractivity contribution >= 4 is 44.9 Å². The minimum Gasteiger partial charge on any atom is -0.496 e. The highest BCUT2D eigenvalue weighted by atomic mass is 35.5. The summed E-state index contributed by atoms with van der Waals surface area (Å²) in [6.07, 6.45) is 8.83. The van der Waals surface area contributed by atoms with E-state index in [-0.39, 0.29) is 17.9 Å². The number of carbonyl (C=O) groups excluding carboxylic acids is 1. The summed E-state index contributed by atoms with van der Waals surface area (Å²) in [5, 5.41) is 1.46. The number of benzene rings is 2. The maximum Gasteiger partial charge on any atom is 0.266 e. The number of halogens is 1. The summed E-state index contributed by atoms with van der Waals surface area (Å²) in [4.78, 5) is 24.8. The van der Waals surface area contributed by atoms with Crippen LogP contribution in [0.15, 0.2) is 54.9 Å². The minimum absolute atomic E-state index is 0.0219. The van der Waals surface area contributed by atoms with Gasteiger partial charge in [0.15, 0.2) is 0 Å². The summed E-state index contributed by atoms with van der Waals surface area (Å²) in [5.74, 6) is 0.948. The van der Waals surface area contributed by atoms with Gasteiger partial charge < -0.3 is 15.4 Å². The van der Waals surface area contributed by atoms with E-state index in [4.69, 9.17) is 22.1 Å². The molecule has 0 bridgehead atoms. The number of hydrogen-bond acceptors (Lipinski definition) is 6. The molecule has 5 rings (SSSR count). The first kappa shape index (κ1) is 23.6. The van der Waals surface area contributed by atoms with Gasteiger partial charge >= 0.3 is 0 Å². The lowest BCUT2D eigenvalue weighted by atomic mass is 9.93. The normalized spacial score (nSPS) is 14.2. The first-order chi connectivity index (χ1) is 17.0. The number of carbonyl (C=O) groups is 1. The van der Waals surface area contributed by atoms with Crippen LogP contribution in [-0.2, 0) is 6.54 Å². The Balaban J connectivity index is 1.53. The summed E-state index contributed by atoms with van der Waals surface area (Å²) in [6.45, 7) is 0.431. The molecule has 0 saturated heterocycles. The number of rotatable bonds is 6. The fraction of sp³-hybridized carbons (Fsp3) is 0.296. The number of nitrogen functional groups attached to an aromatic ring is 1. The molecule has 1 amide bonds. The van der Waals surface area contributed by atoms with Crippen LogP contribution in [0.1, 0.15) is 47.3 Å². The number of fused-ring (bicyclic) bond motifs is 1. The predicted octanol–water partition coefficient (Wildman–Crippen LogP) is 6.58. The Morgan fingerprint density at radius 2 is 1.86 bits per heavy atom. The molecule has 2 heterocycles. The quantitative estimate of drug-likeness (QED) is 0.319. The molecule has 6 nitrogen and oxygen atoms in total. The number of methoxy groups -OCH3 is 1. The standard InChI is InChI=1S/C27H27ClN4O2S/c1-34-22-12-11-17(19-14-30-27(29)31-15-19)13-18(22)16-32(20-7-3-2-4-8-20)26(33)25-24(28)21-9-5-6-10-23(21)35-25/h5-6,9-15,20H,2-4,7-8,16H2,1H3,(H2,29,30,31). The molecule has 0 atom stereocenters. The Hall–Kier alpha value is -3.16. The van der Waals surface area contributed by atoms with Crippen molar-refractivity contribution in [3.05, 3.63) is 70.3 Å². The van der Waals surface area contributed by atoms with Gasteiger partial charge in [0.1, 0.15) is 10.6 Å². The van der Waals surface area contributed by atoms with Crippen LogP contribution in [0.5, 0.6) is 5.75 Å². The van der Waals surface area contributed by atoms with Crippen LogP contribution in [0, 0.1) is 0 Å². The van der Waals surface area contributed by atoms with Gasteiger partial charge in [-0.3, -0.25) is 4.79 Å². The lowest BCUT2D eigenvalue weighted by Crippen LogP contribution is -2.40. The third-order valence-corrected chi connectivity index (χ3v) is 8.30. The number of amides is 1. The average molecular weight is 507 g/mol. The van der Waals surface area contributed by atoms with E-state index in [1.807, 2.05) is 47.4 Å². The Labute approximate surface area is 213 Å². The second kappa shape index (κ2) is 10.2. The van der Waals surface area contributed by atoms with Gasteiger partial charge in [0, 0.05) is 46.2 Å². The van der Waals surface area contributed by atoms with Gasteiger partial charge in [0.05, 0.1) is 12.1 Å². The molecular formula is C27H27ClN4O2S. The molecule has 2 aromatic heterocycles. The van der Waals surface area contributed by atoms with Crippen LogP contribution in [-0.4, -0.2) is 33.9 Å². The van der Waals surface area contributed by atoms with E-state index < -0.39 is 0 Å². The molecule has 2 N–H and O–H groups in total. The molecule has 35 heavy (non-hydrogen) atoms. The van der Waals surface area contributed by atoms with Gasteiger partial charge in [-0.25, -0.2) is 9.97 Å². The SMILES string of the molecule is COc1ccc(-c2cnc(N)nc2)cc1CN(C(=O)c1sc2ccccc2c1Cl)C1CCCCC1. The fourth-order valence-electron chi connectivity index (χ4n) is 4.79. The molecule has 1 fully saturated rings. The van der Waals surface area contributed by atoms with Gasteiger partial charge in [-0.05, 0) is 36.6 Å². The monoisotopic (exact) mass is 506 g/mol. The number of ether oxygens (including phenoxy) is 1. The van der Waals surface area contributed by atoms with E-state index in [1.54, 1.807) is 19.5 Å². The van der Waals surface area contributed by atoms with Crippen LogP contribution in [0.2, 0.25) is 5.02 Å². The van der Waals surface area contributed by atoms with Crippen molar-refractivity contribution in [3.63, 3.8) is 0 Å². The zero-order chi connectivity index (χ0) is 24.4. The maximum atomic E-state index is 14.0. The van der Waals surface area contributed by atoms with Crippen LogP contribution >= 0.6 is 22.9 Å². The van der Waals surface area contributed by atoms with Gasteiger partial charge in [0.2, 0.25) is 5.95 Å². The van der Waals surface area contributed by atoms with E-state index in [9.17, 15) is 4.79 Å².